The van der Waals surface area contributed by atoms with Gasteiger partial charge in [-0.15, -0.1) is 5.10 Å². The van der Waals surface area contributed by atoms with E-state index in [1.54, 1.807) is 4.68 Å². The number of anilines is 2. The van der Waals surface area contributed by atoms with Gasteiger partial charge in [0.2, 0.25) is 0 Å². The molecule has 1 aromatic heterocycles. The molecule has 1 aromatic carbocycles. The zero-order valence-corrected chi connectivity index (χ0v) is 12.9. The third-order valence-corrected chi connectivity index (χ3v) is 4.08. The molecule has 4 N–H and O–H groups in total. The van der Waals surface area contributed by atoms with Crippen LogP contribution in [0.5, 0.6) is 0 Å². The van der Waals surface area contributed by atoms with Gasteiger partial charge in [-0.3, -0.25) is 0 Å². The summed E-state index contributed by atoms with van der Waals surface area (Å²) in [6.45, 7) is 1.49. The highest BCUT2D eigenvalue weighted by molar-refractivity contribution is 9.10. The van der Waals surface area contributed by atoms with E-state index in [2.05, 4.69) is 27.1 Å². The van der Waals surface area contributed by atoms with Gasteiger partial charge in [-0.05, 0) is 24.6 Å². The molecule has 108 valence electrons. The van der Waals surface area contributed by atoms with E-state index in [1.165, 1.54) is 0 Å². The highest BCUT2D eigenvalue weighted by Gasteiger charge is 2.26. The fraction of sp³-hybridized carbons (Fsp3) is 0.286. The predicted octanol–water partition coefficient (Wildman–Crippen LogP) is 1.63. The Bertz CT molecular complexity index is 717. The first kappa shape index (κ1) is 13.9. The Hall–Kier alpha value is -2.04. The fourth-order valence-corrected chi connectivity index (χ4v) is 2.92. The minimum Gasteiger partial charge on any atom is -0.382 e. The summed E-state index contributed by atoms with van der Waals surface area (Å²) in [6, 6.07) is 9.91. The molecular formula is C14H15BrN6. The normalized spacial score (nSPS) is 18.0. The van der Waals surface area contributed by atoms with Crippen molar-refractivity contribution >= 4 is 27.6 Å². The second-order valence-corrected chi connectivity index (χ2v) is 6.00. The summed E-state index contributed by atoms with van der Waals surface area (Å²) in [5.41, 5.74) is 13.3. The van der Waals surface area contributed by atoms with Crippen LogP contribution in [0.2, 0.25) is 0 Å². The van der Waals surface area contributed by atoms with Crippen LogP contribution in [0.4, 0.5) is 11.6 Å². The van der Waals surface area contributed by atoms with Gasteiger partial charge in [0.15, 0.2) is 5.82 Å². The van der Waals surface area contributed by atoms with Crippen LogP contribution in [-0.4, -0.2) is 28.9 Å². The Labute approximate surface area is 131 Å². The van der Waals surface area contributed by atoms with E-state index in [9.17, 15) is 5.26 Å². The van der Waals surface area contributed by atoms with Gasteiger partial charge in [0.25, 0.3) is 0 Å². The first-order chi connectivity index (χ1) is 10.1. The molecule has 1 aliphatic heterocycles. The van der Waals surface area contributed by atoms with Crippen molar-refractivity contribution in [3.05, 3.63) is 34.3 Å². The number of nitrogens with zero attached hydrogens (tertiary/aromatic N) is 4. The van der Waals surface area contributed by atoms with Crippen LogP contribution in [-0.2, 0) is 0 Å². The van der Waals surface area contributed by atoms with Gasteiger partial charge in [-0.2, -0.15) is 5.26 Å². The molecule has 6 nitrogen and oxygen atoms in total. The van der Waals surface area contributed by atoms with E-state index in [1.807, 2.05) is 29.2 Å². The molecule has 1 fully saturated rings. The maximum atomic E-state index is 9.39. The van der Waals surface area contributed by atoms with Crippen molar-refractivity contribution in [3.63, 3.8) is 0 Å². The molecule has 0 radical (unpaired) electrons. The van der Waals surface area contributed by atoms with E-state index in [0.29, 0.717) is 23.7 Å². The maximum Gasteiger partial charge on any atom is 0.171 e. The molecule has 7 heteroatoms. The third-order valence-electron chi connectivity index (χ3n) is 3.59. The summed E-state index contributed by atoms with van der Waals surface area (Å²) in [5, 5.41) is 13.9. The Morgan fingerprint density at radius 1 is 1.43 bits per heavy atom. The van der Waals surface area contributed by atoms with E-state index >= 15 is 0 Å². The van der Waals surface area contributed by atoms with Crippen LogP contribution >= 0.6 is 15.9 Å². The number of hydrogen-bond acceptors (Lipinski definition) is 5. The van der Waals surface area contributed by atoms with E-state index in [-0.39, 0.29) is 6.04 Å². The minimum atomic E-state index is 0.119. The van der Waals surface area contributed by atoms with Crippen LogP contribution in [0.25, 0.3) is 5.69 Å². The highest BCUT2D eigenvalue weighted by atomic mass is 79.9. The average molecular weight is 347 g/mol. The Morgan fingerprint density at radius 2 is 2.24 bits per heavy atom. The summed E-state index contributed by atoms with van der Waals surface area (Å²) in [4.78, 5) is 2.02. The van der Waals surface area contributed by atoms with Gasteiger partial charge < -0.3 is 16.4 Å². The van der Waals surface area contributed by atoms with Crippen LogP contribution in [0.15, 0.2) is 28.7 Å². The average Bonchev–Trinajstić information content (AvgIpc) is 3.02. The molecule has 3 rings (SSSR count). The molecule has 0 aliphatic carbocycles. The van der Waals surface area contributed by atoms with Crippen molar-refractivity contribution < 1.29 is 0 Å². The number of rotatable bonds is 2. The van der Waals surface area contributed by atoms with E-state index in [0.717, 1.165) is 23.1 Å². The number of aromatic nitrogens is 2. The summed E-state index contributed by atoms with van der Waals surface area (Å²) in [7, 11) is 0. The fourth-order valence-electron chi connectivity index (χ4n) is 2.53. The molecule has 0 bridgehead atoms. The summed E-state index contributed by atoms with van der Waals surface area (Å²) >= 11 is 3.43. The second-order valence-electron chi connectivity index (χ2n) is 5.08. The van der Waals surface area contributed by atoms with E-state index < -0.39 is 0 Å². The molecule has 0 saturated carbocycles. The smallest absolute Gasteiger partial charge is 0.171 e. The molecule has 2 aromatic rings. The van der Waals surface area contributed by atoms with Crippen molar-refractivity contribution in [2.45, 2.75) is 12.5 Å². The Balaban J connectivity index is 2.08. The van der Waals surface area contributed by atoms with Crippen molar-refractivity contribution in [2.24, 2.45) is 5.73 Å². The van der Waals surface area contributed by atoms with Crippen LogP contribution in [0.1, 0.15) is 12.0 Å². The number of nitriles is 1. The first-order valence-corrected chi connectivity index (χ1v) is 7.44. The molecule has 1 saturated heterocycles. The zero-order chi connectivity index (χ0) is 15.0. The lowest BCUT2D eigenvalue weighted by atomic mass is 10.3. The summed E-state index contributed by atoms with van der Waals surface area (Å²) in [6.07, 6.45) is 0.897. The summed E-state index contributed by atoms with van der Waals surface area (Å²) in [5.74, 6) is 0.967. The predicted molar refractivity (Wildman–Crippen MR) is 85.2 cm³/mol. The lowest BCUT2D eigenvalue weighted by molar-refractivity contribution is 0.750. The van der Waals surface area contributed by atoms with Gasteiger partial charge in [0, 0.05) is 23.6 Å². The highest BCUT2D eigenvalue weighted by Crippen LogP contribution is 2.29. The van der Waals surface area contributed by atoms with E-state index in [4.69, 9.17) is 11.5 Å². The molecule has 1 atom stereocenters. The molecule has 0 spiro atoms. The Morgan fingerprint density at radius 3 is 2.86 bits per heavy atom. The van der Waals surface area contributed by atoms with Crippen molar-refractivity contribution in [1.82, 2.24) is 9.78 Å². The quantitative estimate of drug-likeness (QED) is 0.861. The first-order valence-electron chi connectivity index (χ1n) is 6.65. The van der Waals surface area contributed by atoms with Crippen LogP contribution in [0.3, 0.4) is 0 Å². The van der Waals surface area contributed by atoms with Gasteiger partial charge >= 0.3 is 0 Å². The van der Waals surface area contributed by atoms with Gasteiger partial charge in [0.05, 0.1) is 5.69 Å². The number of benzene rings is 1. The SMILES string of the molecule is N#Cc1c(N2CCC(N)C2)nn(-c2cccc(Br)c2)c1N. The third kappa shape index (κ3) is 2.48. The topological polar surface area (TPSA) is 96.9 Å². The Kier molecular flexibility index (Phi) is 3.57. The maximum absolute atomic E-state index is 9.39. The van der Waals surface area contributed by atoms with Crippen molar-refractivity contribution in [2.75, 3.05) is 23.7 Å². The second kappa shape index (κ2) is 5.39. The van der Waals surface area contributed by atoms with Crippen LogP contribution < -0.4 is 16.4 Å². The largest absolute Gasteiger partial charge is 0.382 e. The van der Waals surface area contributed by atoms with Gasteiger partial charge in [0.1, 0.15) is 17.5 Å². The minimum absolute atomic E-state index is 0.119. The standard InChI is InChI=1S/C14H15BrN6/c15-9-2-1-3-11(6-9)21-13(18)12(7-16)14(19-21)20-5-4-10(17)8-20/h1-3,6,10H,4-5,8,17-18H2. The molecule has 21 heavy (non-hydrogen) atoms. The number of nitrogen functional groups attached to an aromatic ring is 1. The monoisotopic (exact) mass is 346 g/mol. The number of halogens is 1. The number of nitrogens with two attached hydrogens (primary N) is 2. The lowest BCUT2D eigenvalue weighted by Gasteiger charge is -2.14. The zero-order valence-electron chi connectivity index (χ0n) is 11.3. The lowest BCUT2D eigenvalue weighted by Crippen LogP contribution is -2.27. The molecule has 2 heterocycles. The number of hydrogen-bond donors (Lipinski definition) is 2. The van der Waals surface area contributed by atoms with Gasteiger partial charge in [-0.1, -0.05) is 22.0 Å². The van der Waals surface area contributed by atoms with Crippen molar-refractivity contribution in [1.29, 1.82) is 5.26 Å². The van der Waals surface area contributed by atoms with Gasteiger partial charge in [-0.25, -0.2) is 4.68 Å². The van der Waals surface area contributed by atoms with Crippen LogP contribution in [0, 0.1) is 11.3 Å². The molecule has 1 aliphatic rings. The van der Waals surface area contributed by atoms with Crippen molar-refractivity contribution in [3.8, 4) is 11.8 Å². The molecule has 1 unspecified atom stereocenters. The molecular weight excluding hydrogens is 332 g/mol. The molecule has 0 amide bonds. The summed E-state index contributed by atoms with van der Waals surface area (Å²) < 4.78 is 2.53.